The van der Waals surface area contributed by atoms with Crippen LogP contribution in [0.2, 0.25) is 0 Å². The molecule has 18 nitrogen and oxygen atoms in total. The Hall–Kier alpha value is -7.31. The SMILES string of the molecule is CCCOc1ccc(-c2ccc(-c3ccc(C(=O)N[C@H]4CCCNC(=O)[C@@H]5C[C@H](N)CN5C(=O)[C@H](CCCN)NC(=O)[C@H](CCc5ccc(O)cc5)NC(=O)[C@@H]5CCCN5C(=O)[C@H](C(C)C)NC4=O)cc3)cc2)cc1. The van der Waals surface area contributed by atoms with Crippen molar-refractivity contribution in [2.45, 2.75) is 127 Å². The number of nitrogens with two attached hydrogens (primary N) is 2. The van der Waals surface area contributed by atoms with Gasteiger partial charge in [-0.1, -0.05) is 81.4 Å². The zero-order valence-electron chi connectivity index (χ0n) is 43.2. The molecule has 4 aromatic rings. The zero-order chi connectivity index (χ0) is 53.6. The van der Waals surface area contributed by atoms with Crippen molar-refractivity contribution in [1.82, 2.24) is 36.4 Å². The predicted octanol–water partition coefficient (Wildman–Crippen LogP) is 3.92. The number of carbonyl (C=O) groups excluding carboxylic acids is 7. The number of fused-ring (bicyclic) bond motifs is 2. The minimum absolute atomic E-state index is 0.0573. The maximum Gasteiger partial charge on any atom is 0.251 e. The van der Waals surface area contributed by atoms with E-state index >= 15 is 0 Å². The first-order valence-corrected chi connectivity index (χ1v) is 26.4. The third-order valence-corrected chi connectivity index (χ3v) is 14.2. The minimum atomic E-state index is -1.17. The number of phenols is 1. The van der Waals surface area contributed by atoms with Gasteiger partial charge < -0.3 is 57.7 Å². The van der Waals surface area contributed by atoms with Gasteiger partial charge in [0.05, 0.1) is 6.61 Å². The molecule has 3 saturated heterocycles. The van der Waals surface area contributed by atoms with Crippen LogP contribution in [0.25, 0.3) is 22.3 Å². The van der Waals surface area contributed by atoms with Gasteiger partial charge in [0.1, 0.15) is 47.8 Å². The standard InChI is InChI=1S/C57H73N9O9/c1-4-32-75-44-26-22-40(23-27-44)38-16-14-37(15-17-38)39-18-20-41(21-19-39)51(68)61-45-9-6-30-60-54(71)49-33-42(59)34-66(49)56(73)47(8-5-29-58)63-52(69)46(28-13-36-11-24-43(67)25-12-36)62-55(72)48-10-7-31-65(48)57(74)50(35(2)3)64-53(45)70/h11-12,14-27,35,42,45-50,67H,4-10,13,28-34,58-59H2,1-3H3,(H,60,71)(H,61,68)(H,62,72)(H,63,69)(H,64,70)/t42-,45-,46-,47-,48-,49-,50-/m0/s1. The van der Waals surface area contributed by atoms with Crippen LogP contribution in [0.1, 0.15) is 94.5 Å². The van der Waals surface area contributed by atoms with E-state index in [-0.39, 0.29) is 64.0 Å². The molecule has 0 spiro atoms. The first kappa shape index (κ1) is 55.4. The highest BCUT2D eigenvalue weighted by Gasteiger charge is 2.43. The molecule has 75 heavy (non-hydrogen) atoms. The van der Waals surface area contributed by atoms with Crippen LogP contribution >= 0.6 is 0 Å². The van der Waals surface area contributed by atoms with Gasteiger partial charge in [-0.3, -0.25) is 33.6 Å². The van der Waals surface area contributed by atoms with E-state index < -0.39 is 89.6 Å². The lowest BCUT2D eigenvalue weighted by molar-refractivity contribution is -0.143. The Labute approximate surface area is 439 Å². The molecule has 4 aromatic carbocycles. The van der Waals surface area contributed by atoms with E-state index in [1.54, 1.807) is 38.1 Å². The number of phenolic OH excluding ortho intramolecular Hbond substituents is 1. The first-order chi connectivity index (χ1) is 36.1. The van der Waals surface area contributed by atoms with Crippen LogP contribution < -0.4 is 42.8 Å². The molecule has 7 amide bonds. The van der Waals surface area contributed by atoms with Crippen molar-refractivity contribution >= 4 is 41.4 Å². The van der Waals surface area contributed by atoms with E-state index in [0.29, 0.717) is 37.9 Å². The summed E-state index contributed by atoms with van der Waals surface area (Å²) in [6, 6.07) is 22.5. The zero-order valence-corrected chi connectivity index (χ0v) is 43.2. The van der Waals surface area contributed by atoms with Crippen LogP contribution in [0.15, 0.2) is 97.1 Å². The number of aryl methyl sites for hydroxylation is 1. The highest BCUT2D eigenvalue weighted by Crippen LogP contribution is 2.28. The van der Waals surface area contributed by atoms with Crippen molar-refractivity contribution in [2.75, 3.05) is 32.8 Å². The summed E-state index contributed by atoms with van der Waals surface area (Å²) in [5, 5.41) is 24.3. The topological polar surface area (TPSA) is 268 Å². The Bertz CT molecular complexity index is 2610. The quantitative estimate of drug-likeness (QED) is 0.0897. The van der Waals surface area contributed by atoms with Crippen molar-refractivity contribution < 1.29 is 43.4 Å². The van der Waals surface area contributed by atoms with Gasteiger partial charge in [0.15, 0.2) is 0 Å². The average molecular weight is 1030 g/mol. The number of amides is 7. The van der Waals surface area contributed by atoms with Crippen molar-refractivity contribution in [2.24, 2.45) is 17.4 Å². The van der Waals surface area contributed by atoms with Crippen LogP contribution in [-0.4, -0.2) is 131 Å². The van der Waals surface area contributed by atoms with E-state index in [1.807, 2.05) is 60.7 Å². The normalized spacial score (nSPS) is 23.3. The average Bonchev–Trinajstić information content (AvgIpc) is 4.08. The Kier molecular flexibility index (Phi) is 19.4. The molecular weight excluding hydrogens is 955 g/mol. The lowest BCUT2D eigenvalue weighted by Gasteiger charge is -2.32. The lowest BCUT2D eigenvalue weighted by atomic mass is 9.99. The third-order valence-electron chi connectivity index (χ3n) is 14.2. The number of ether oxygens (including phenoxy) is 1. The smallest absolute Gasteiger partial charge is 0.251 e. The number of nitrogens with one attached hydrogen (secondary N) is 5. The molecule has 0 radical (unpaired) electrons. The fourth-order valence-corrected chi connectivity index (χ4v) is 9.95. The maximum absolute atomic E-state index is 14.6. The maximum atomic E-state index is 14.6. The van der Waals surface area contributed by atoms with Crippen LogP contribution in [0.5, 0.6) is 11.5 Å². The fraction of sp³-hybridized carbons (Fsp3) is 0.456. The number of rotatable bonds is 14. The summed E-state index contributed by atoms with van der Waals surface area (Å²) in [5.74, 6) is -3.40. The Morgan fingerprint density at radius 3 is 1.97 bits per heavy atom. The molecule has 3 aliphatic heterocycles. The van der Waals surface area contributed by atoms with E-state index in [1.165, 1.54) is 21.9 Å². The molecular formula is C57H73N9O9. The van der Waals surface area contributed by atoms with Gasteiger partial charge in [-0.2, -0.15) is 0 Å². The molecule has 18 heteroatoms. The molecule has 3 fully saturated rings. The molecule has 7 atom stereocenters. The second-order valence-corrected chi connectivity index (χ2v) is 20.2. The minimum Gasteiger partial charge on any atom is -0.508 e. The number of hydrogen-bond donors (Lipinski definition) is 8. The molecule has 400 valence electrons. The number of aromatic hydroxyl groups is 1. The second-order valence-electron chi connectivity index (χ2n) is 20.2. The first-order valence-electron chi connectivity index (χ1n) is 26.4. The molecule has 10 N–H and O–H groups in total. The highest BCUT2D eigenvalue weighted by molar-refractivity contribution is 6.00. The predicted molar refractivity (Wildman–Crippen MR) is 285 cm³/mol. The van der Waals surface area contributed by atoms with E-state index in [2.05, 4.69) is 33.5 Å². The molecule has 0 saturated carbocycles. The van der Waals surface area contributed by atoms with Gasteiger partial charge >= 0.3 is 0 Å². The monoisotopic (exact) mass is 1030 g/mol. The van der Waals surface area contributed by atoms with E-state index in [9.17, 15) is 38.7 Å². The number of nitrogens with zero attached hydrogens (tertiary/aromatic N) is 2. The molecule has 0 aromatic heterocycles. The van der Waals surface area contributed by atoms with Gasteiger partial charge in [-0.05, 0) is 141 Å². The summed E-state index contributed by atoms with van der Waals surface area (Å²) in [4.78, 5) is 103. The lowest BCUT2D eigenvalue weighted by Crippen LogP contribution is -2.60. The number of carbonyl (C=O) groups is 7. The summed E-state index contributed by atoms with van der Waals surface area (Å²) in [6.07, 6.45) is 3.09. The summed E-state index contributed by atoms with van der Waals surface area (Å²) in [7, 11) is 0. The van der Waals surface area contributed by atoms with Crippen LogP contribution in [0, 0.1) is 5.92 Å². The van der Waals surface area contributed by atoms with Gasteiger partial charge in [0, 0.05) is 31.2 Å². The van der Waals surface area contributed by atoms with Crippen molar-refractivity contribution in [3.05, 3.63) is 108 Å². The van der Waals surface area contributed by atoms with Crippen LogP contribution in [-0.2, 0) is 35.2 Å². The van der Waals surface area contributed by atoms with Gasteiger partial charge in [-0.15, -0.1) is 0 Å². The molecule has 3 aliphatic rings. The molecule has 0 unspecified atom stereocenters. The Morgan fingerprint density at radius 1 is 0.720 bits per heavy atom. The van der Waals surface area contributed by atoms with Crippen LogP contribution in [0.4, 0.5) is 0 Å². The van der Waals surface area contributed by atoms with Crippen molar-refractivity contribution in [1.29, 1.82) is 0 Å². The molecule has 0 aliphatic carbocycles. The second kappa shape index (κ2) is 26.3. The third kappa shape index (κ3) is 14.5. The van der Waals surface area contributed by atoms with E-state index in [0.717, 1.165) is 40.0 Å². The summed E-state index contributed by atoms with van der Waals surface area (Å²) in [6.45, 7) is 6.85. The van der Waals surface area contributed by atoms with Crippen molar-refractivity contribution in [3.63, 3.8) is 0 Å². The summed E-state index contributed by atoms with van der Waals surface area (Å²) >= 11 is 0. The number of benzene rings is 4. The molecule has 3 heterocycles. The van der Waals surface area contributed by atoms with Crippen LogP contribution in [0.3, 0.4) is 0 Å². The van der Waals surface area contributed by atoms with Gasteiger partial charge in [-0.25, -0.2) is 0 Å². The Balaban J connectivity index is 1.12. The largest absolute Gasteiger partial charge is 0.508 e. The van der Waals surface area contributed by atoms with E-state index in [4.69, 9.17) is 16.2 Å². The molecule has 7 rings (SSSR count). The molecule has 0 bridgehead atoms. The Morgan fingerprint density at radius 2 is 1.35 bits per heavy atom. The van der Waals surface area contributed by atoms with Gasteiger partial charge in [0.25, 0.3) is 5.91 Å². The fourth-order valence-electron chi connectivity index (χ4n) is 9.95. The summed E-state index contributed by atoms with van der Waals surface area (Å²) in [5.41, 5.74) is 17.2. The highest BCUT2D eigenvalue weighted by atomic mass is 16.5. The van der Waals surface area contributed by atoms with Gasteiger partial charge in [0.2, 0.25) is 35.4 Å². The number of hydrogen-bond acceptors (Lipinski definition) is 11. The van der Waals surface area contributed by atoms with Crippen molar-refractivity contribution in [3.8, 4) is 33.8 Å². The summed E-state index contributed by atoms with van der Waals surface area (Å²) < 4.78 is 5.73.